The number of aryl methyl sites for hydroxylation is 1. The number of rotatable bonds is 21. The minimum absolute atomic E-state index is 0.0287. The summed E-state index contributed by atoms with van der Waals surface area (Å²) in [6.07, 6.45) is 17.4. The molecule has 0 aliphatic heterocycles. The summed E-state index contributed by atoms with van der Waals surface area (Å²) in [6.45, 7) is 4.12. The summed E-state index contributed by atoms with van der Waals surface area (Å²) in [4.78, 5) is 12.1. The SMILES string of the molecule is CCCCCCCCCCCCCc1ccc(OCOC(=O)CCC[N+](C)(C)Cc2ccccc2)cc1. The van der Waals surface area contributed by atoms with Crippen molar-refractivity contribution >= 4 is 5.97 Å². The van der Waals surface area contributed by atoms with Gasteiger partial charge < -0.3 is 14.0 Å². The minimum atomic E-state index is -0.201. The van der Waals surface area contributed by atoms with Crippen molar-refractivity contribution in [2.75, 3.05) is 27.4 Å². The van der Waals surface area contributed by atoms with E-state index in [2.05, 4.69) is 57.4 Å². The fourth-order valence-electron chi connectivity index (χ4n) is 4.79. The second kappa shape index (κ2) is 18.8. The molecule has 0 saturated heterocycles. The molecule has 0 unspecified atom stereocenters. The highest BCUT2D eigenvalue weighted by molar-refractivity contribution is 5.69. The van der Waals surface area contributed by atoms with Crippen molar-refractivity contribution in [3.05, 3.63) is 65.7 Å². The number of hydrogen-bond acceptors (Lipinski definition) is 3. The Bertz CT molecular complexity index is 832. The summed E-state index contributed by atoms with van der Waals surface area (Å²) >= 11 is 0. The van der Waals surface area contributed by atoms with Gasteiger partial charge in [0.1, 0.15) is 12.3 Å². The number of carbonyl (C=O) groups is 1. The van der Waals surface area contributed by atoms with Gasteiger partial charge in [-0.1, -0.05) is 114 Å². The predicted octanol–water partition coefficient (Wildman–Crippen LogP) is 8.48. The molecule has 0 N–H and O–H groups in total. The summed E-state index contributed by atoms with van der Waals surface area (Å²) in [6, 6.07) is 18.7. The van der Waals surface area contributed by atoms with E-state index in [1.165, 1.54) is 81.8 Å². The van der Waals surface area contributed by atoms with Crippen LogP contribution in [-0.4, -0.2) is 37.9 Å². The van der Waals surface area contributed by atoms with E-state index < -0.39 is 0 Å². The first-order valence-electron chi connectivity index (χ1n) is 14.7. The number of carbonyl (C=O) groups excluding carboxylic acids is 1. The molecule has 0 bridgehead atoms. The molecule has 206 valence electrons. The first-order chi connectivity index (χ1) is 18.0. The largest absolute Gasteiger partial charge is 0.457 e. The molecule has 4 heteroatoms. The highest BCUT2D eigenvalue weighted by Crippen LogP contribution is 2.16. The van der Waals surface area contributed by atoms with E-state index in [0.29, 0.717) is 6.42 Å². The Morgan fingerprint density at radius 3 is 1.92 bits per heavy atom. The van der Waals surface area contributed by atoms with Crippen LogP contribution < -0.4 is 4.74 Å². The van der Waals surface area contributed by atoms with E-state index in [-0.39, 0.29) is 12.8 Å². The first kappa shape index (κ1) is 30.9. The Balaban J connectivity index is 1.48. The molecule has 37 heavy (non-hydrogen) atoms. The maximum Gasteiger partial charge on any atom is 0.308 e. The maximum absolute atomic E-state index is 12.1. The van der Waals surface area contributed by atoms with Crippen LogP contribution >= 0.6 is 0 Å². The third-order valence-corrected chi connectivity index (χ3v) is 7.04. The molecular weight excluding hydrogens is 458 g/mol. The standard InChI is InChI=1S/C33H52NO3/c1-4-5-6-7-8-9-10-11-12-13-15-19-30-23-25-32(26-24-30)36-29-37-33(35)22-18-27-34(2,3)28-31-20-16-14-17-21-31/h14,16-17,20-21,23-26H,4-13,15,18-19,22,27-29H2,1-3H3/q+1. The molecule has 0 fully saturated rings. The fraction of sp³-hybridized carbons (Fsp3) is 0.606. The van der Waals surface area contributed by atoms with Crippen LogP contribution in [0.5, 0.6) is 5.75 Å². The lowest BCUT2D eigenvalue weighted by molar-refractivity contribution is -0.903. The summed E-state index contributed by atoms with van der Waals surface area (Å²) in [5.74, 6) is 0.545. The topological polar surface area (TPSA) is 35.5 Å². The molecule has 0 saturated carbocycles. The van der Waals surface area contributed by atoms with Crippen molar-refractivity contribution in [3.8, 4) is 5.75 Å². The summed E-state index contributed by atoms with van der Waals surface area (Å²) < 4.78 is 11.8. The molecule has 0 aliphatic rings. The van der Waals surface area contributed by atoms with Crippen molar-refractivity contribution in [2.45, 2.75) is 103 Å². The van der Waals surface area contributed by atoms with E-state index in [1.807, 2.05) is 18.2 Å². The predicted molar refractivity (Wildman–Crippen MR) is 155 cm³/mol. The van der Waals surface area contributed by atoms with Gasteiger partial charge in [-0.15, -0.1) is 0 Å². The van der Waals surface area contributed by atoms with Gasteiger partial charge in [-0.05, 0) is 30.5 Å². The van der Waals surface area contributed by atoms with Crippen molar-refractivity contribution in [1.29, 1.82) is 0 Å². The Kier molecular flexibility index (Phi) is 15.7. The summed E-state index contributed by atoms with van der Waals surface area (Å²) in [5, 5.41) is 0. The minimum Gasteiger partial charge on any atom is -0.457 e. The number of nitrogens with zero attached hydrogens (tertiary/aromatic N) is 1. The van der Waals surface area contributed by atoms with Gasteiger partial charge in [-0.25, -0.2) is 0 Å². The van der Waals surface area contributed by atoms with Crippen molar-refractivity contribution in [1.82, 2.24) is 0 Å². The van der Waals surface area contributed by atoms with Gasteiger partial charge in [-0.2, -0.15) is 0 Å². The molecule has 0 heterocycles. The first-order valence-corrected chi connectivity index (χ1v) is 14.7. The molecule has 0 spiro atoms. The monoisotopic (exact) mass is 510 g/mol. The van der Waals surface area contributed by atoms with E-state index in [1.54, 1.807) is 0 Å². The molecule has 4 nitrogen and oxygen atoms in total. The average molecular weight is 511 g/mol. The van der Waals surface area contributed by atoms with E-state index in [9.17, 15) is 4.79 Å². The molecule has 0 radical (unpaired) electrons. The Labute approximate surface area is 227 Å². The van der Waals surface area contributed by atoms with Gasteiger partial charge in [0.25, 0.3) is 0 Å². The Hall–Kier alpha value is -2.33. The summed E-state index contributed by atoms with van der Waals surface area (Å²) in [7, 11) is 4.39. The van der Waals surface area contributed by atoms with Crippen LogP contribution in [0.3, 0.4) is 0 Å². The molecule has 0 aromatic heterocycles. The second-order valence-electron chi connectivity index (χ2n) is 11.1. The van der Waals surface area contributed by atoms with Gasteiger partial charge in [0.15, 0.2) is 0 Å². The fourth-order valence-corrected chi connectivity index (χ4v) is 4.79. The van der Waals surface area contributed by atoms with Crippen molar-refractivity contribution in [3.63, 3.8) is 0 Å². The molecule has 0 aliphatic carbocycles. The van der Waals surface area contributed by atoms with Crippen LogP contribution in [0.15, 0.2) is 54.6 Å². The third kappa shape index (κ3) is 15.5. The van der Waals surface area contributed by atoms with Crippen molar-refractivity contribution < 1.29 is 18.8 Å². The van der Waals surface area contributed by atoms with Crippen LogP contribution in [0.4, 0.5) is 0 Å². The number of benzene rings is 2. The van der Waals surface area contributed by atoms with Gasteiger partial charge in [0.2, 0.25) is 6.79 Å². The zero-order chi connectivity index (χ0) is 26.6. The summed E-state index contributed by atoms with van der Waals surface area (Å²) in [5.41, 5.74) is 2.66. The molecule has 0 amide bonds. The Morgan fingerprint density at radius 2 is 1.30 bits per heavy atom. The normalized spacial score (nSPS) is 11.4. The molecule has 2 aromatic carbocycles. The molecule has 2 rings (SSSR count). The lowest BCUT2D eigenvalue weighted by Crippen LogP contribution is -2.39. The highest BCUT2D eigenvalue weighted by atomic mass is 16.7. The van der Waals surface area contributed by atoms with Crippen LogP contribution in [0, 0.1) is 0 Å². The van der Waals surface area contributed by atoms with Gasteiger partial charge >= 0.3 is 5.97 Å². The van der Waals surface area contributed by atoms with E-state index in [4.69, 9.17) is 9.47 Å². The van der Waals surface area contributed by atoms with Gasteiger partial charge in [0, 0.05) is 12.0 Å². The number of esters is 1. The average Bonchev–Trinajstić information content (AvgIpc) is 2.88. The van der Waals surface area contributed by atoms with Crippen LogP contribution in [0.1, 0.15) is 102 Å². The highest BCUT2D eigenvalue weighted by Gasteiger charge is 2.16. The lowest BCUT2D eigenvalue weighted by atomic mass is 10.0. The lowest BCUT2D eigenvalue weighted by Gasteiger charge is -2.29. The number of ether oxygens (including phenoxy) is 2. The van der Waals surface area contributed by atoms with Crippen LogP contribution in [-0.2, 0) is 22.5 Å². The zero-order valence-electron chi connectivity index (χ0n) is 23.9. The number of hydrogen-bond donors (Lipinski definition) is 0. The second-order valence-corrected chi connectivity index (χ2v) is 11.1. The molecule has 2 aromatic rings. The number of unbranched alkanes of at least 4 members (excludes halogenated alkanes) is 10. The van der Waals surface area contributed by atoms with Crippen molar-refractivity contribution in [2.24, 2.45) is 0 Å². The number of quaternary nitrogens is 1. The van der Waals surface area contributed by atoms with Crippen LogP contribution in [0.25, 0.3) is 0 Å². The van der Waals surface area contributed by atoms with Crippen LogP contribution in [0.2, 0.25) is 0 Å². The molecular formula is C33H52NO3+. The van der Waals surface area contributed by atoms with Gasteiger partial charge in [0.05, 0.1) is 27.1 Å². The third-order valence-electron chi connectivity index (χ3n) is 7.04. The van der Waals surface area contributed by atoms with E-state index in [0.717, 1.165) is 36.2 Å². The smallest absolute Gasteiger partial charge is 0.308 e. The van der Waals surface area contributed by atoms with E-state index >= 15 is 0 Å². The maximum atomic E-state index is 12.1. The van der Waals surface area contributed by atoms with Gasteiger partial charge in [-0.3, -0.25) is 4.79 Å². The quantitative estimate of drug-likeness (QED) is 0.0731. The zero-order valence-corrected chi connectivity index (χ0v) is 23.9. The molecule has 0 atom stereocenters. The Morgan fingerprint density at radius 1 is 0.703 bits per heavy atom.